The maximum absolute atomic E-state index is 10.7. The number of aliphatic carboxylic acids is 1. The Labute approximate surface area is 84.2 Å². The first-order valence-corrected chi connectivity index (χ1v) is 4.18. The minimum absolute atomic E-state index is 1.80. The number of carbonyl (C=O) groups is 1. The minimum atomic E-state index is -2.89. The van der Waals surface area contributed by atoms with Gasteiger partial charge in [-0.2, -0.15) is 0 Å². The molecule has 8 nitrogen and oxygen atoms in total. The molecule has 1 aliphatic rings. The summed E-state index contributed by atoms with van der Waals surface area (Å²) in [5.74, 6) is -1.88. The number of hydrogen-bond donors (Lipinski definition) is 7. The van der Waals surface area contributed by atoms with Crippen molar-refractivity contribution < 1.29 is 35.4 Å². The van der Waals surface area contributed by atoms with E-state index < -0.39 is 42.0 Å². The Balaban J connectivity index is 3.12. The fraction of sp³-hybridized carbons (Fsp3) is 0.857. The predicted octanol–water partition coefficient (Wildman–Crippen LogP) is -4.41. The Morgan fingerprint density at radius 2 is 1.53 bits per heavy atom. The molecular weight excluding hydrogens is 210 g/mol. The van der Waals surface area contributed by atoms with Gasteiger partial charge in [-0.15, -0.1) is 0 Å². The van der Waals surface area contributed by atoms with E-state index in [9.17, 15) is 25.2 Å². The molecule has 15 heavy (non-hydrogen) atoms. The zero-order valence-corrected chi connectivity index (χ0v) is 7.56. The van der Waals surface area contributed by atoms with Gasteiger partial charge < -0.3 is 36.4 Å². The predicted molar refractivity (Wildman–Crippen MR) is 44.6 cm³/mol. The smallest absolute Gasteiger partial charge is 0.340 e. The number of nitrogens with two attached hydrogens (primary N) is 1. The first kappa shape index (κ1) is 12.3. The van der Waals surface area contributed by atoms with Crippen LogP contribution in [-0.4, -0.2) is 72.7 Å². The molecule has 88 valence electrons. The van der Waals surface area contributed by atoms with Gasteiger partial charge in [0.2, 0.25) is 5.60 Å². The second kappa shape index (κ2) is 3.67. The molecule has 0 heterocycles. The molecule has 0 unspecified atom stereocenters. The summed E-state index contributed by atoms with van der Waals surface area (Å²) in [7, 11) is 0. The summed E-state index contributed by atoms with van der Waals surface area (Å²) in [6.45, 7) is 0. The van der Waals surface area contributed by atoms with Crippen LogP contribution in [0.25, 0.3) is 0 Å². The zero-order valence-electron chi connectivity index (χ0n) is 7.56. The van der Waals surface area contributed by atoms with Crippen molar-refractivity contribution in [2.45, 2.75) is 36.1 Å². The molecule has 0 amide bonds. The maximum atomic E-state index is 10.7. The zero-order chi connectivity index (χ0) is 12.0. The fourth-order valence-electron chi connectivity index (χ4n) is 1.59. The van der Waals surface area contributed by atoms with Crippen molar-refractivity contribution in [2.24, 2.45) is 5.73 Å². The van der Waals surface area contributed by atoms with Crippen LogP contribution in [0.1, 0.15) is 0 Å². The third kappa shape index (κ3) is 1.51. The van der Waals surface area contributed by atoms with E-state index in [-0.39, 0.29) is 0 Å². The number of aliphatic hydroxyl groups is 5. The quantitative estimate of drug-likeness (QED) is 0.234. The summed E-state index contributed by atoms with van der Waals surface area (Å²) >= 11 is 0. The third-order valence-electron chi connectivity index (χ3n) is 2.69. The maximum Gasteiger partial charge on any atom is 0.340 e. The van der Waals surface area contributed by atoms with E-state index in [0.717, 1.165) is 0 Å². The number of hydrogen-bond acceptors (Lipinski definition) is 7. The summed E-state index contributed by atoms with van der Waals surface area (Å²) in [6.07, 6.45) is -7.82. The van der Waals surface area contributed by atoms with Crippen LogP contribution in [0.5, 0.6) is 0 Å². The van der Waals surface area contributed by atoms with Crippen LogP contribution in [0, 0.1) is 0 Å². The van der Waals surface area contributed by atoms with Gasteiger partial charge >= 0.3 is 5.97 Å². The Kier molecular flexibility index (Phi) is 3.01. The average Bonchev–Trinajstić information content (AvgIpc) is 2.20. The van der Waals surface area contributed by atoms with Crippen molar-refractivity contribution in [1.29, 1.82) is 0 Å². The Morgan fingerprint density at radius 3 is 1.93 bits per heavy atom. The van der Waals surface area contributed by atoms with Crippen LogP contribution in [-0.2, 0) is 4.79 Å². The van der Waals surface area contributed by atoms with Crippen LogP contribution in [0.3, 0.4) is 0 Å². The topological polar surface area (TPSA) is 164 Å². The molecule has 1 rings (SSSR count). The Morgan fingerprint density at radius 1 is 1.07 bits per heavy atom. The first-order chi connectivity index (χ1) is 6.74. The van der Waals surface area contributed by atoms with Gasteiger partial charge in [-0.3, -0.25) is 0 Å². The average molecular weight is 223 g/mol. The number of aliphatic hydroxyl groups excluding tert-OH is 4. The van der Waals surface area contributed by atoms with E-state index in [1.807, 2.05) is 0 Å². The van der Waals surface area contributed by atoms with E-state index in [0.29, 0.717) is 0 Å². The van der Waals surface area contributed by atoms with Gasteiger partial charge in [0.15, 0.2) is 0 Å². The number of carboxylic acid groups (broad SMARTS) is 1. The fourth-order valence-corrected chi connectivity index (χ4v) is 1.59. The molecule has 0 aromatic heterocycles. The van der Waals surface area contributed by atoms with Crippen molar-refractivity contribution in [2.75, 3.05) is 0 Å². The van der Waals surface area contributed by atoms with Gasteiger partial charge in [0.1, 0.15) is 24.4 Å². The largest absolute Gasteiger partial charge is 0.479 e. The molecule has 6 atom stereocenters. The van der Waals surface area contributed by atoms with E-state index in [1.165, 1.54) is 0 Å². The molecule has 1 fully saturated rings. The molecule has 0 bridgehead atoms. The highest BCUT2D eigenvalue weighted by Gasteiger charge is 2.61. The third-order valence-corrected chi connectivity index (χ3v) is 2.69. The molecule has 0 spiro atoms. The molecule has 1 aliphatic carbocycles. The lowest BCUT2D eigenvalue weighted by Gasteiger charge is -2.45. The first-order valence-electron chi connectivity index (χ1n) is 4.18. The molecule has 0 saturated heterocycles. The molecule has 0 aromatic carbocycles. The number of rotatable bonds is 1. The SMILES string of the molecule is N[C@@H]1[C@H](O)[C@H](O)[C@H](O)[C@@H](O)[C@]1(O)C(=O)O. The van der Waals surface area contributed by atoms with E-state index in [1.54, 1.807) is 0 Å². The van der Waals surface area contributed by atoms with Gasteiger partial charge in [0.05, 0.1) is 6.04 Å². The summed E-state index contributed by atoms with van der Waals surface area (Å²) in [6, 6.07) is -1.80. The van der Waals surface area contributed by atoms with E-state index in [2.05, 4.69) is 0 Å². The molecule has 1 saturated carbocycles. The highest BCUT2D eigenvalue weighted by Crippen LogP contribution is 2.29. The summed E-state index contributed by atoms with van der Waals surface area (Å²) in [5, 5.41) is 55.1. The monoisotopic (exact) mass is 223 g/mol. The lowest BCUT2D eigenvalue weighted by molar-refractivity contribution is -0.234. The Bertz CT molecular complexity index is 254. The second-order valence-corrected chi connectivity index (χ2v) is 3.57. The highest BCUT2D eigenvalue weighted by molar-refractivity contribution is 5.79. The summed E-state index contributed by atoms with van der Waals surface area (Å²) in [5.41, 5.74) is 2.30. The van der Waals surface area contributed by atoms with Gasteiger partial charge in [-0.05, 0) is 0 Å². The lowest BCUT2D eigenvalue weighted by atomic mass is 9.73. The molecule has 8 heteroatoms. The molecule has 0 aromatic rings. The lowest BCUT2D eigenvalue weighted by Crippen LogP contribution is -2.76. The molecular formula is C7H13NO7. The van der Waals surface area contributed by atoms with Crippen LogP contribution in [0.2, 0.25) is 0 Å². The standard InChI is InChI=1S/C7H13NO7/c8-4-2(10)1(9)3(11)5(12)7(4,15)6(13)14/h1-5,9-12,15H,8H2,(H,13,14)/t1-,2+,3-,4+,5+,7-/m0/s1. The molecule has 0 aliphatic heterocycles. The minimum Gasteiger partial charge on any atom is -0.479 e. The van der Waals surface area contributed by atoms with Gasteiger partial charge in [-0.1, -0.05) is 0 Å². The summed E-state index contributed by atoms with van der Waals surface area (Å²) in [4.78, 5) is 10.7. The van der Waals surface area contributed by atoms with Crippen LogP contribution >= 0.6 is 0 Å². The highest BCUT2D eigenvalue weighted by atomic mass is 16.4. The number of carboxylic acids is 1. The van der Waals surface area contributed by atoms with Crippen LogP contribution in [0.4, 0.5) is 0 Å². The van der Waals surface area contributed by atoms with Crippen molar-refractivity contribution in [1.82, 2.24) is 0 Å². The van der Waals surface area contributed by atoms with Crippen molar-refractivity contribution >= 4 is 5.97 Å². The Hall–Kier alpha value is -0.770. The molecule has 0 radical (unpaired) electrons. The normalized spacial score (nSPS) is 51.5. The van der Waals surface area contributed by atoms with Gasteiger partial charge in [0.25, 0.3) is 0 Å². The van der Waals surface area contributed by atoms with Crippen molar-refractivity contribution in [3.8, 4) is 0 Å². The van der Waals surface area contributed by atoms with E-state index >= 15 is 0 Å². The van der Waals surface area contributed by atoms with Gasteiger partial charge in [-0.25, -0.2) is 4.79 Å². The second-order valence-electron chi connectivity index (χ2n) is 3.57. The van der Waals surface area contributed by atoms with Crippen LogP contribution in [0.15, 0.2) is 0 Å². The van der Waals surface area contributed by atoms with Crippen molar-refractivity contribution in [3.63, 3.8) is 0 Å². The van der Waals surface area contributed by atoms with Gasteiger partial charge in [0, 0.05) is 0 Å². The van der Waals surface area contributed by atoms with E-state index in [4.69, 9.17) is 15.9 Å². The molecule has 8 N–H and O–H groups in total. The van der Waals surface area contributed by atoms with Crippen molar-refractivity contribution in [3.05, 3.63) is 0 Å². The summed E-state index contributed by atoms with van der Waals surface area (Å²) < 4.78 is 0. The van der Waals surface area contributed by atoms with Crippen LogP contribution < -0.4 is 5.73 Å².